The molecule has 0 radical (unpaired) electrons. The number of carbonyl (C=O) groups excluding carboxylic acids is 2. The molecule has 1 saturated heterocycles. The van der Waals surface area contributed by atoms with Crippen molar-refractivity contribution in [3.8, 4) is 0 Å². The largest absolute Gasteiger partial charge is 0.389 e. The van der Waals surface area contributed by atoms with Gasteiger partial charge in [-0.15, -0.1) is 0 Å². The number of nitrogens with two attached hydrogens (primary N) is 1. The van der Waals surface area contributed by atoms with Gasteiger partial charge in [-0.25, -0.2) is 4.79 Å². The summed E-state index contributed by atoms with van der Waals surface area (Å²) in [6.07, 6.45) is -0.399. The van der Waals surface area contributed by atoms with Crippen molar-refractivity contribution >= 4 is 11.9 Å². The van der Waals surface area contributed by atoms with Crippen molar-refractivity contribution in [1.29, 1.82) is 0 Å². The first-order valence-electron chi connectivity index (χ1n) is 4.23. The monoisotopic (exact) mass is 203 g/mol. The van der Waals surface area contributed by atoms with E-state index in [0.717, 1.165) is 0 Å². The molecule has 0 aromatic rings. The minimum absolute atomic E-state index is 0.107. The topological polar surface area (TPSA) is 105 Å². The average Bonchev–Trinajstić information content (AvgIpc) is 2.47. The lowest BCUT2D eigenvalue weighted by Gasteiger charge is -2.12. The molecule has 3 amide bonds. The molecule has 14 heavy (non-hydrogen) atoms. The summed E-state index contributed by atoms with van der Waals surface area (Å²) in [5.41, 5.74) is 4.74. The summed E-state index contributed by atoms with van der Waals surface area (Å²) >= 11 is 0. The van der Waals surface area contributed by atoms with Crippen molar-refractivity contribution in [2.24, 2.45) is 5.73 Å². The van der Waals surface area contributed by atoms with E-state index in [4.69, 9.17) is 15.7 Å². The highest BCUT2D eigenvalue weighted by atomic mass is 16.7. The molecule has 7 heteroatoms. The van der Waals surface area contributed by atoms with Gasteiger partial charge in [0.25, 0.3) is 0 Å². The summed E-state index contributed by atoms with van der Waals surface area (Å²) in [5, 5.41) is 12.5. The van der Waals surface area contributed by atoms with Crippen LogP contribution in [0.1, 0.15) is 6.42 Å². The number of carbonyl (C=O) groups is 2. The zero-order valence-electron chi connectivity index (χ0n) is 7.60. The van der Waals surface area contributed by atoms with E-state index in [1.807, 2.05) is 5.32 Å². The predicted molar refractivity (Wildman–Crippen MR) is 45.9 cm³/mol. The van der Waals surface area contributed by atoms with Crippen molar-refractivity contribution < 1.29 is 19.5 Å². The number of aliphatic hydroxyl groups excluding tert-OH is 1. The Labute approximate surface area is 80.8 Å². The Morgan fingerprint density at radius 1 is 1.64 bits per heavy atom. The molecule has 1 unspecified atom stereocenters. The molecule has 1 fully saturated rings. The number of aliphatic hydroxyl groups is 1. The second-order valence-electron chi connectivity index (χ2n) is 3.00. The lowest BCUT2D eigenvalue weighted by atomic mass is 10.3. The van der Waals surface area contributed by atoms with E-state index in [2.05, 4.69) is 0 Å². The van der Waals surface area contributed by atoms with Crippen molar-refractivity contribution in [3.63, 3.8) is 0 Å². The van der Waals surface area contributed by atoms with Crippen LogP contribution in [-0.4, -0.2) is 47.9 Å². The Bertz CT molecular complexity index is 233. The van der Waals surface area contributed by atoms with Gasteiger partial charge in [-0.2, -0.15) is 5.06 Å². The van der Waals surface area contributed by atoms with Gasteiger partial charge in [-0.1, -0.05) is 0 Å². The summed E-state index contributed by atoms with van der Waals surface area (Å²) in [6.45, 7) is 0.956. The molecule has 80 valence electrons. The second-order valence-corrected chi connectivity index (χ2v) is 3.00. The van der Waals surface area contributed by atoms with Crippen LogP contribution in [0.3, 0.4) is 0 Å². The highest BCUT2D eigenvalue weighted by Gasteiger charge is 2.21. The molecule has 7 nitrogen and oxygen atoms in total. The third kappa shape index (κ3) is 3.69. The molecule has 1 aliphatic rings. The fourth-order valence-electron chi connectivity index (χ4n) is 1.11. The first-order valence-corrected chi connectivity index (χ1v) is 4.23. The van der Waals surface area contributed by atoms with Crippen molar-refractivity contribution in [2.45, 2.75) is 12.5 Å². The van der Waals surface area contributed by atoms with Crippen LogP contribution in [0.4, 0.5) is 4.79 Å². The fraction of sp³-hybridized carbons (Fsp3) is 0.714. The normalized spacial score (nSPS) is 22.2. The van der Waals surface area contributed by atoms with Crippen LogP contribution in [0, 0.1) is 0 Å². The SMILES string of the molecule is NC(=O)NC(=O)CCN1CC(O)CO1. The minimum atomic E-state index is -0.864. The number of hydrogen-bond donors (Lipinski definition) is 3. The lowest BCUT2D eigenvalue weighted by Crippen LogP contribution is -2.36. The number of urea groups is 1. The van der Waals surface area contributed by atoms with Gasteiger partial charge in [0, 0.05) is 13.0 Å². The summed E-state index contributed by atoms with van der Waals surface area (Å²) in [7, 11) is 0. The van der Waals surface area contributed by atoms with Crippen LogP contribution in [-0.2, 0) is 9.63 Å². The minimum Gasteiger partial charge on any atom is -0.389 e. The number of hydrogen-bond acceptors (Lipinski definition) is 5. The molecule has 0 aliphatic carbocycles. The molecule has 0 aromatic carbocycles. The Kier molecular flexibility index (Phi) is 3.81. The highest BCUT2D eigenvalue weighted by molar-refractivity contribution is 5.93. The number of β-amino-alcohol motifs (C(OH)–C–C–N with tert-alkyl or cyclic N) is 1. The maximum Gasteiger partial charge on any atom is 0.318 e. The van der Waals surface area contributed by atoms with Gasteiger partial charge >= 0.3 is 6.03 Å². The van der Waals surface area contributed by atoms with Crippen molar-refractivity contribution in [3.05, 3.63) is 0 Å². The van der Waals surface area contributed by atoms with Gasteiger partial charge in [-0.05, 0) is 0 Å². The maximum atomic E-state index is 10.9. The van der Waals surface area contributed by atoms with Crippen molar-refractivity contribution in [1.82, 2.24) is 10.4 Å². The predicted octanol–water partition coefficient (Wildman–Crippen LogP) is -1.82. The third-order valence-corrected chi connectivity index (χ3v) is 1.71. The molecular formula is C7H13N3O4. The summed E-state index contributed by atoms with van der Waals surface area (Å²) in [6, 6.07) is -0.864. The van der Waals surface area contributed by atoms with Crippen LogP contribution in [0.5, 0.6) is 0 Å². The van der Waals surface area contributed by atoms with Gasteiger partial charge < -0.3 is 10.8 Å². The number of primary amides is 1. The number of rotatable bonds is 3. The van der Waals surface area contributed by atoms with Crippen LogP contribution < -0.4 is 11.1 Å². The molecule has 0 spiro atoms. The van der Waals surface area contributed by atoms with Crippen LogP contribution in [0.25, 0.3) is 0 Å². The van der Waals surface area contributed by atoms with Crippen LogP contribution in [0.2, 0.25) is 0 Å². The number of hydroxylamine groups is 2. The second kappa shape index (κ2) is 4.89. The van der Waals surface area contributed by atoms with Gasteiger partial charge in [0.15, 0.2) is 0 Å². The zero-order chi connectivity index (χ0) is 10.6. The summed E-state index contributed by atoms with van der Waals surface area (Å²) in [5.74, 6) is -0.456. The van der Waals surface area contributed by atoms with Crippen molar-refractivity contribution in [2.75, 3.05) is 19.7 Å². The van der Waals surface area contributed by atoms with E-state index >= 15 is 0 Å². The zero-order valence-corrected chi connectivity index (χ0v) is 7.60. The smallest absolute Gasteiger partial charge is 0.318 e. The molecule has 1 aliphatic heterocycles. The lowest BCUT2D eigenvalue weighted by molar-refractivity contribution is -0.129. The number of amides is 3. The standard InChI is InChI=1S/C7H13N3O4/c8-7(13)9-6(12)1-2-10-3-5(11)4-14-10/h5,11H,1-4H2,(H3,8,9,12,13). The fourth-order valence-corrected chi connectivity index (χ4v) is 1.11. The third-order valence-electron chi connectivity index (χ3n) is 1.71. The average molecular weight is 203 g/mol. The number of imide groups is 1. The van der Waals surface area contributed by atoms with E-state index < -0.39 is 18.0 Å². The highest BCUT2D eigenvalue weighted by Crippen LogP contribution is 2.05. The molecule has 0 saturated carbocycles. The van der Waals surface area contributed by atoms with E-state index in [1.165, 1.54) is 5.06 Å². The van der Waals surface area contributed by atoms with Gasteiger partial charge in [0.05, 0.1) is 19.3 Å². The molecule has 1 heterocycles. The Morgan fingerprint density at radius 2 is 2.36 bits per heavy atom. The van der Waals surface area contributed by atoms with E-state index in [-0.39, 0.29) is 13.0 Å². The molecule has 0 bridgehead atoms. The Balaban J connectivity index is 2.14. The van der Waals surface area contributed by atoms with E-state index in [0.29, 0.717) is 13.1 Å². The van der Waals surface area contributed by atoms with E-state index in [9.17, 15) is 9.59 Å². The maximum absolute atomic E-state index is 10.9. The first kappa shape index (κ1) is 10.9. The Morgan fingerprint density at radius 3 is 2.86 bits per heavy atom. The van der Waals surface area contributed by atoms with Crippen LogP contribution >= 0.6 is 0 Å². The quantitative estimate of drug-likeness (QED) is 0.501. The number of nitrogens with one attached hydrogen (secondary N) is 1. The van der Waals surface area contributed by atoms with Crippen LogP contribution in [0.15, 0.2) is 0 Å². The Hall–Kier alpha value is -1.18. The molecule has 0 aromatic heterocycles. The van der Waals surface area contributed by atoms with E-state index in [1.54, 1.807) is 0 Å². The molecule has 4 N–H and O–H groups in total. The summed E-state index contributed by atoms with van der Waals surface area (Å²) < 4.78 is 0. The molecular weight excluding hydrogens is 190 g/mol. The van der Waals surface area contributed by atoms with Gasteiger partial charge in [0.1, 0.15) is 0 Å². The van der Waals surface area contributed by atoms with Gasteiger partial charge in [0.2, 0.25) is 5.91 Å². The molecule has 1 rings (SSSR count). The summed E-state index contributed by atoms with van der Waals surface area (Å²) in [4.78, 5) is 26.2. The molecule has 1 atom stereocenters. The first-order chi connectivity index (χ1) is 6.58. The number of nitrogens with zero attached hydrogens (tertiary/aromatic N) is 1. The van der Waals surface area contributed by atoms with Gasteiger partial charge in [-0.3, -0.25) is 14.9 Å².